The van der Waals surface area contributed by atoms with Crippen LogP contribution in [-0.4, -0.2) is 28.7 Å². The van der Waals surface area contributed by atoms with Gasteiger partial charge < -0.3 is 21.5 Å². The molecule has 0 aliphatic carbocycles. The van der Waals surface area contributed by atoms with Gasteiger partial charge in [0, 0.05) is 16.6 Å². The molecule has 1 aromatic carbocycles. The summed E-state index contributed by atoms with van der Waals surface area (Å²) in [5.74, 6) is 1.04. The van der Waals surface area contributed by atoms with E-state index in [-0.39, 0.29) is 23.3 Å². The molecule has 1 amide bonds. The maximum atomic E-state index is 12.1. The van der Waals surface area contributed by atoms with E-state index in [0.29, 0.717) is 16.6 Å². The first-order valence-corrected chi connectivity index (χ1v) is 8.82. The summed E-state index contributed by atoms with van der Waals surface area (Å²) in [6, 6.07) is 4.96. The first-order valence-electron chi connectivity index (χ1n) is 6.24. The molecule has 0 unspecified atom stereocenters. The molecular formula is C13H13Br2N5O2S. The minimum Gasteiger partial charge on any atom is -0.495 e. The molecule has 0 spiro atoms. The van der Waals surface area contributed by atoms with Gasteiger partial charge in [-0.25, -0.2) is 9.97 Å². The second kappa shape index (κ2) is 7.84. The van der Waals surface area contributed by atoms with Gasteiger partial charge in [0.1, 0.15) is 17.4 Å². The van der Waals surface area contributed by atoms with Gasteiger partial charge in [-0.05, 0) is 37.9 Å². The Morgan fingerprint density at radius 2 is 1.87 bits per heavy atom. The zero-order chi connectivity index (χ0) is 17.0. The lowest BCUT2D eigenvalue weighted by molar-refractivity contribution is -0.113. The predicted octanol–water partition coefficient (Wildman–Crippen LogP) is 2.91. The van der Waals surface area contributed by atoms with Crippen LogP contribution in [0.2, 0.25) is 0 Å². The minimum absolute atomic E-state index is 0.119. The summed E-state index contributed by atoms with van der Waals surface area (Å²) in [4.78, 5) is 20.1. The fourth-order valence-corrected chi connectivity index (χ4v) is 3.55. The number of nitrogens with one attached hydrogen (secondary N) is 1. The van der Waals surface area contributed by atoms with Crippen LogP contribution in [0.5, 0.6) is 5.75 Å². The zero-order valence-electron chi connectivity index (χ0n) is 12.0. The molecule has 1 heterocycles. The molecule has 23 heavy (non-hydrogen) atoms. The first kappa shape index (κ1) is 17.8. The number of rotatable bonds is 5. The molecule has 1 aromatic heterocycles. The van der Waals surface area contributed by atoms with Crippen molar-refractivity contribution < 1.29 is 9.53 Å². The molecule has 0 aliphatic heterocycles. The number of nitrogens with zero attached hydrogens (tertiary/aromatic N) is 2. The van der Waals surface area contributed by atoms with Gasteiger partial charge in [-0.1, -0.05) is 11.8 Å². The average molecular weight is 463 g/mol. The summed E-state index contributed by atoms with van der Waals surface area (Å²) in [6.45, 7) is 0. The molecule has 0 saturated carbocycles. The number of hydrogen-bond donors (Lipinski definition) is 3. The Morgan fingerprint density at radius 1 is 1.22 bits per heavy atom. The molecule has 0 bridgehead atoms. The highest BCUT2D eigenvalue weighted by Gasteiger charge is 2.11. The van der Waals surface area contributed by atoms with E-state index in [1.54, 1.807) is 19.2 Å². The highest BCUT2D eigenvalue weighted by atomic mass is 79.9. The van der Waals surface area contributed by atoms with Gasteiger partial charge in [0.05, 0.1) is 23.0 Å². The van der Waals surface area contributed by atoms with E-state index in [1.807, 2.05) is 0 Å². The Balaban J connectivity index is 2.02. The Kier molecular flexibility index (Phi) is 6.08. The number of amides is 1. The van der Waals surface area contributed by atoms with Crippen molar-refractivity contribution in [3.63, 3.8) is 0 Å². The predicted molar refractivity (Wildman–Crippen MR) is 98.6 cm³/mol. The zero-order valence-corrected chi connectivity index (χ0v) is 16.0. The number of nitrogens with two attached hydrogens (primary N) is 2. The van der Waals surface area contributed by atoms with E-state index in [4.69, 9.17) is 16.2 Å². The van der Waals surface area contributed by atoms with Gasteiger partial charge in [0.15, 0.2) is 5.16 Å². The SMILES string of the molecule is COc1cc(NC(=O)CSc2nc(N)cc(N)n2)c(Br)cc1Br. The largest absolute Gasteiger partial charge is 0.495 e. The van der Waals surface area contributed by atoms with Crippen LogP contribution in [0.1, 0.15) is 0 Å². The molecule has 2 rings (SSSR count). The third-order valence-corrected chi connectivity index (χ3v) is 4.72. The normalized spacial score (nSPS) is 10.4. The second-order valence-corrected chi connectivity index (χ2v) is 6.95. The summed E-state index contributed by atoms with van der Waals surface area (Å²) in [5.41, 5.74) is 11.8. The molecule has 0 saturated heterocycles. The van der Waals surface area contributed by atoms with Crippen LogP contribution in [0.4, 0.5) is 17.3 Å². The molecule has 2 aromatic rings. The van der Waals surface area contributed by atoms with E-state index >= 15 is 0 Å². The number of methoxy groups -OCH3 is 1. The number of carbonyl (C=O) groups is 1. The number of carbonyl (C=O) groups excluding carboxylic acids is 1. The molecule has 0 radical (unpaired) electrons. The maximum absolute atomic E-state index is 12.1. The number of hydrogen-bond acceptors (Lipinski definition) is 7. The van der Waals surface area contributed by atoms with Gasteiger partial charge in [0.25, 0.3) is 0 Å². The standard InChI is InChI=1S/C13H13Br2N5O2S/c1-22-9-3-8(6(14)2-7(9)15)18-12(21)5-23-13-19-10(16)4-11(17)20-13/h2-4H,5H2,1H3,(H,18,21)(H4,16,17,19,20). The van der Waals surface area contributed by atoms with E-state index in [0.717, 1.165) is 20.7 Å². The summed E-state index contributed by atoms with van der Waals surface area (Å²) in [5, 5.41) is 3.14. The number of thioether (sulfide) groups is 1. The monoisotopic (exact) mass is 461 g/mol. The maximum Gasteiger partial charge on any atom is 0.234 e. The fourth-order valence-electron chi connectivity index (χ4n) is 1.62. The van der Waals surface area contributed by atoms with Crippen LogP contribution in [0, 0.1) is 0 Å². The Morgan fingerprint density at radius 3 is 2.48 bits per heavy atom. The number of halogens is 2. The second-order valence-electron chi connectivity index (χ2n) is 4.30. The first-order chi connectivity index (χ1) is 10.9. The van der Waals surface area contributed by atoms with Crippen molar-refractivity contribution in [1.82, 2.24) is 9.97 Å². The van der Waals surface area contributed by atoms with E-state index < -0.39 is 0 Å². The molecule has 7 nitrogen and oxygen atoms in total. The Bertz CT molecular complexity index is 724. The Labute approximate surface area is 153 Å². The van der Waals surface area contributed by atoms with Gasteiger partial charge >= 0.3 is 0 Å². The summed E-state index contributed by atoms with van der Waals surface area (Å²) >= 11 is 7.90. The fraction of sp³-hybridized carbons (Fsp3) is 0.154. The molecule has 0 aliphatic rings. The molecule has 0 fully saturated rings. The highest BCUT2D eigenvalue weighted by molar-refractivity contribution is 9.11. The number of anilines is 3. The molecule has 10 heteroatoms. The summed E-state index contributed by atoms with van der Waals surface area (Å²) in [6.07, 6.45) is 0. The molecular weight excluding hydrogens is 450 g/mol. The van der Waals surface area contributed by atoms with Crippen LogP contribution >= 0.6 is 43.6 Å². The van der Waals surface area contributed by atoms with Crippen LogP contribution in [-0.2, 0) is 4.79 Å². The van der Waals surface area contributed by atoms with Crippen molar-refractivity contribution in [2.75, 3.05) is 29.6 Å². The van der Waals surface area contributed by atoms with E-state index in [1.165, 1.54) is 6.07 Å². The van der Waals surface area contributed by atoms with Gasteiger partial charge in [-0.2, -0.15) is 0 Å². The number of benzene rings is 1. The van der Waals surface area contributed by atoms with Crippen LogP contribution < -0.4 is 21.5 Å². The van der Waals surface area contributed by atoms with Crippen molar-refractivity contribution in [1.29, 1.82) is 0 Å². The van der Waals surface area contributed by atoms with Crippen molar-refractivity contribution in [2.45, 2.75) is 5.16 Å². The molecule has 122 valence electrons. The van der Waals surface area contributed by atoms with E-state index in [2.05, 4.69) is 47.1 Å². The smallest absolute Gasteiger partial charge is 0.234 e. The quantitative estimate of drug-likeness (QED) is 0.462. The summed E-state index contributed by atoms with van der Waals surface area (Å²) in [7, 11) is 1.55. The summed E-state index contributed by atoms with van der Waals surface area (Å²) < 4.78 is 6.72. The number of ether oxygens (including phenoxy) is 1. The Hall–Kier alpha value is -1.52. The van der Waals surface area contributed by atoms with Crippen LogP contribution in [0.25, 0.3) is 0 Å². The third kappa shape index (κ3) is 4.98. The van der Waals surface area contributed by atoms with Crippen molar-refractivity contribution >= 4 is 66.9 Å². The minimum atomic E-state index is -0.218. The average Bonchev–Trinajstić information content (AvgIpc) is 2.47. The van der Waals surface area contributed by atoms with Crippen molar-refractivity contribution in [3.8, 4) is 5.75 Å². The third-order valence-electron chi connectivity index (χ3n) is 2.59. The lowest BCUT2D eigenvalue weighted by atomic mass is 10.3. The lowest BCUT2D eigenvalue weighted by Crippen LogP contribution is -2.15. The molecule has 0 atom stereocenters. The van der Waals surface area contributed by atoms with Crippen molar-refractivity contribution in [3.05, 3.63) is 27.1 Å². The van der Waals surface area contributed by atoms with E-state index in [9.17, 15) is 4.79 Å². The van der Waals surface area contributed by atoms with Gasteiger partial charge in [-0.3, -0.25) is 4.79 Å². The highest BCUT2D eigenvalue weighted by Crippen LogP contribution is 2.34. The van der Waals surface area contributed by atoms with Gasteiger partial charge in [0.2, 0.25) is 5.91 Å². The lowest BCUT2D eigenvalue weighted by Gasteiger charge is -2.11. The van der Waals surface area contributed by atoms with Crippen LogP contribution in [0.3, 0.4) is 0 Å². The topological polar surface area (TPSA) is 116 Å². The van der Waals surface area contributed by atoms with Gasteiger partial charge in [-0.15, -0.1) is 0 Å². The van der Waals surface area contributed by atoms with Crippen LogP contribution in [0.15, 0.2) is 32.3 Å². The molecule has 5 N–H and O–H groups in total. The number of nitrogen functional groups attached to an aromatic ring is 2. The number of aromatic nitrogens is 2. The van der Waals surface area contributed by atoms with Crippen molar-refractivity contribution in [2.24, 2.45) is 0 Å².